The van der Waals surface area contributed by atoms with E-state index in [1.54, 1.807) is 0 Å². The lowest BCUT2D eigenvalue weighted by molar-refractivity contribution is 0.263. The van der Waals surface area contributed by atoms with Crippen LogP contribution in [0.1, 0.15) is 44.7 Å². The fourth-order valence-electron chi connectivity index (χ4n) is 2.72. The molecule has 4 heteroatoms. The molecule has 19 heavy (non-hydrogen) atoms. The van der Waals surface area contributed by atoms with Gasteiger partial charge >= 0.3 is 0 Å². The van der Waals surface area contributed by atoms with Gasteiger partial charge in [0.1, 0.15) is 0 Å². The first-order chi connectivity index (χ1) is 8.95. The summed E-state index contributed by atoms with van der Waals surface area (Å²) >= 11 is 1.87. The van der Waals surface area contributed by atoms with Crippen molar-refractivity contribution in [3.8, 4) is 0 Å². The monoisotopic (exact) mass is 281 g/mol. The second kappa shape index (κ2) is 5.80. The molecule has 1 aromatic rings. The molecule has 1 aliphatic heterocycles. The van der Waals surface area contributed by atoms with E-state index in [4.69, 9.17) is 4.98 Å². The average Bonchev–Trinajstić information content (AvgIpc) is 2.93. The Morgan fingerprint density at radius 2 is 2.16 bits per heavy atom. The Morgan fingerprint density at radius 3 is 2.68 bits per heavy atom. The quantitative estimate of drug-likeness (QED) is 0.918. The molecule has 0 bridgehead atoms. The number of hydrogen-bond donors (Lipinski definition) is 1. The summed E-state index contributed by atoms with van der Waals surface area (Å²) in [5, 5.41) is 4.48. The fourth-order valence-corrected chi connectivity index (χ4v) is 3.92. The van der Waals surface area contributed by atoms with Crippen molar-refractivity contribution in [3.63, 3.8) is 0 Å². The number of aryl methyl sites for hydroxylation is 1. The van der Waals surface area contributed by atoms with Gasteiger partial charge in [-0.1, -0.05) is 27.7 Å². The predicted molar refractivity (Wildman–Crippen MR) is 84.0 cm³/mol. The fraction of sp³-hybridized carbons (Fsp3) is 0.800. The van der Waals surface area contributed by atoms with Crippen LogP contribution in [0.5, 0.6) is 0 Å². The highest BCUT2D eigenvalue weighted by Gasteiger charge is 2.33. The molecule has 1 fully saturated rings. The molecular weight excluding hydrogens is 254 g/mol. The number of rotatable bonds is 4. The van der Waals surface area contributed by atoms with Crippen molar-refractivity contribution in [1.82, 2.24) is 10.3 Å². The van der Waals surface area contributed by atoms with Crippen LogP contribution < -0.4 is 10.2 Å². The standard InChI is InChI=1S/C15H27N3S/c1-6-12-13(9-16-5)19-14(17-12)18-8-7-11(10-18)15(2,3)4/h11,16H,6-10H2,1-5H3. The highest BCUT2D eigenvalue weighted by molar-refractivity contribution is 7.15. The Morgan fingerprint density at radius 1 is 1.42 bits per heavy atom. The molecule has 0 radical (unpaired) electrons. The summed E-state index contributed by atoms with van der Waals surface area (Å²) in [5.41, 5.74) is 1.68. The van der Waals surface area contributed by atoms with E-state index in [1.165, 1.54) is 28.7 Å². The molecule has 0 spiro atoms. The number of thiazole rings is 1. The van der Waals surface area contributed by atoms with E-state index in [0.717, 1.165) is 25.4 Å². The average molecular weight is 281 g/mol. The smallest absolute Gasteiger partial charge is 0.185 e. The van der Waals surface area contributed by atoms with Gasteiger partial charge in [0, 0.05) is 24.5 Å². The summed E-state index contributed by atoms with van der Waals surface area (Å²) < 4.78 is 0. The van der Waals surface area contributed by atoms with Crippen molar-refractivity contribution < 1.29 is 0 Å². The van der Waals surface area contributed by atoms with Gasteiger partial charge in [0.2, 0.25) is 0 Å². The maximum absolute atomic E-state index is 4.85. The minimum atomic E-state index is 0.410. The summed E-state index contributed by atoms with van der Waals surface area (Å²) in [7, 11) is 2.00. The first kappa shape index (κ1) is 14.8. The second-order valence-corrected chi connectivity index (χ2v) is 7.61. The zero-order valence-corrected chi connectivity index (χ0v) is 13.7. The summed E-state index contributed by atoms with van der Waals surface area (Å²) in [6.45, 7) is 12.5. The van der Waals surface area contributed by atoms with Gasteiger partial charge in [-0.25, -0.2) is 4.98 Å². The van der Waals surface area contributed by atoms with Crippen molar-refractivity contribution in [2.24, 2.45) is 11.3 Å². The maximum atomic E-state index is 4.85. The molecular formula is C15H27N3S. The van der Waals surface area contributed by atoms with Crippen LogP contribution in [0.15, 0.2) is 0 Å². The van der Waals surface area contributed by atoms with Crippen LogP contribution in [0.2, 0.25) is 0 Å². The molecule has 2 heterocycles. The molecule has 0 aliphatic carbocycles. The molecule has 1 atom stereocenters. The van der Waals surface area contributed by atoms with Crippen LogP contribution in [0.3, 0.4) is 0 Å². The third-order valence-electron chi connectivity index (χ3n) is 4.12. The van der Waals surface area contributed by atoms with Crippen molar-refractivity contribution in [2.75, 3.05) is 25.0 Å². The maximum Gasteiger partial charge on any atom is 0.185 e. The molecule has 1 aliphatic rings. The van der Waals surface area contributed by atoms with E-state index in [-0.39, 0.29) is 0 Å². The van der Waals surface area contributed by atoms with E-state index >= 15 is 0 Å². The minimum absolute atomic E-state index is 0.410. The normalized spacial score (nSPS) is 20.3. The van der Waals surface area contributed by atoms with Crippen LogP contribution in [0.4, 0.5) is 5.13 Å². The number of anilines is 1. The molecule has 108 valence electrons. The molecule has 3 nitrogen and oxygen atoms in total. The summed E-state index contributed by atoms with van der Waals surface area (Å²) in [5.74, 6) is 0.786. The van der Waals surface area contributed by atoms with Gasteiger partial charge in [-0.2, -0.15) is 0 Å². The molecule has 0 amide bonds. The third kappa shape index (κ3) is 3.29. The Hall–Kier alpha value is -0.610. The highest BCUT2D eigenvalue weighted by atomic mass is 32.1. The third-order valence-corrected chi connectivity index (χ3v) is 5.28. The van der Waals surface area contributed by atoms with E-state index in [0.29, 0.717) is 5.41 Å². The van der Waals surface area contributed by atoms with Gasteiger partial charge in [-0.15, -0.1) is 11.3 Å². The van der Waals surface area contributed by atoms with Gasteiger partial charge in [0.15, 0.2) is 5.13 Å². The van der Waals surface area contributed by atoms with Gasteiger partial charge < -0.3 is 10.2 Å². The minimum Gasteiger partial charge on any atom is -0.348 e. The molecule has 0 aromatic carbocycles. The van der Waals surface area contributed by atoms with E-state index in [2.05, 4.69) is 37.9 Å². The molecule has 1 saturated heterocycles. The van der Waals surface area contributed by atoms with Crippen LogP contribution in [-0.2, 0) is 13.0 Å². The largest absolute Gasteiger partial charge is 0.348 e. The summed E-state index contributed by atoms with van der Waals surface area (Å²) in [6.07, 6.45) is 2.33. The van der Waals surface area contributed by atoms with Crippen LogP contribution in [-0.4, -0.2) is 25.1 Å². The number of nitrogens with zero attached hydrogens (tertiary/aromatic N) is 2. The van der Waals surface area contributed by atoms with E-state index in [1.807, 2.05) is 18.4 Å². The van der Waals surface area contributed by atoms with Gasteiger partial charge in [0.25, 0.3) is 0 Å². The van der Waals surface area contributed by atoms with E-state index in [9.17, 15) is 0 Å². The first-order valence-corrected chi connectivity index (χ1v) is 8.15. The lowest BCUT2D eigenvalue weighted by Crippen LogP contribution is -2.25. The summed E-state index contributed by atoms with van der Waals surface area (Å²) in [4.78, 5) is 8.74. The number of aromatic nitrogens is 1. The van der Waals surface area contributed by atoms with Crippen molar-refractivity contribution in [3.05, 3.63) is 10.6 Å². The van der Waals surface area contributed by atoms with Crippen molar-refractivity contribution in [1.29, 1.82) is 0 Å². The molecule has 1 aromatic heterocycles. The Balaban J connectivity index is 2.11. The first-order valence-electron chi connectivity index (χ1n) is 7.33. The summed E-state index contributed by atoms with van der Waals surface area (Å²) in [6, 6.07) is 0. The lowest BCUT2D eigenvalue weighted by atomic mass is 9.80. The molecule has 1 N–H and O–H groups in total. The second-order valence-electron chi connectivity index (χ2n) is 6.55. The zero-order valence-electron chi connectivity index (χ0n) is 12.9. The molecule has 0 saturated carbocycles. The van der Waals surface area contributed by atoms with E-state index < -0.39 is 0 Å². The predicted octanol–water partition coefficient (Wildman–Crippen LogP) is 3.30. The van der Waals surface area contributed by atoms with Gasteiger partial charge in [0.05, 0.1) is 5.69 Å². The Kier molecular flexibility index (Phi) is 4.51. The number of nitrogens with one attached hydrogen (secondary N) is 1. The van der Waals surface area contributed by atoms with Crippen LogP contribution >= 0.6 is 11.3 Å². The SMILES string of the molecule is CCc1nc(N2CCC(C(C)(C)C)C2)sc1CNC. The van der Waals surface area contributed by atoms with Crippen molar-refractivity contribution >= 4 is 16.5 Å². The Bertz CT molecular complexity index is 420. The zero-order chi connectivity index (χ0) is 14.0. The highest BCUT2D eigenvalue weighted by Crippen LogP contribution is 2.37. The molecule has 1 unspecified atom stereocenters. The number of hydrogen-bond acceptors (Lipinski definition) is 4. The van der Waals surface area contributed by atoms with Gasteiger partial charge in [-0.05, 0) is 31.2 Å². The molecule has 2 rings (SSSR count). The van der Waals surface area contributed by atoms with Gasteiger partial charge in [-0.3, -0.25) is 0 Å². The Labute approximate surface area is 121 Å². The van der Waals surface area contributed by atoms with Crippen molar-refractivity contribution in [2.45, 2.75) is 47.1 Å². The topological polar surface area (TPSA) is 28.2 Å². The van der Waals surface area contributed by atoms with Crippen LogP contribution in [0.25, 0.3) is 0 Å². The van der Waals surface area contributed by atoms with Crippen LogP contribution in [0, 0.1) is 11.3 Å². The lowest BCUT2D eigenvalue weighted by Gasteiger charge is -2.26.